The first-order valence-corrected chi connectivity index (χ1v) is 12.5. The summed E-state index contributed by atoms with van der Waals surface area (Å²) < 4.78 is 0.893. The van der Waals surface area contributed by atoms with E-state index in [0.29, 0.717) is 5.56 Å². The fourth-order valence-electron chi connectivity index (χ4n) is 5.86. The smallest absolute Gasteiger partial charge is 0.185 e. The molecule has 0 saturated carbocycles. The third-order valence-electron chi connectivity index (χ3n) is 7.47. The van der Waals surface area contributed by atoms with E-state index in [2.05, 4.69) is 40.2 Å². The average Bonchev–Trinajstić information content (AvgIpc) is 3.24. The summed E-state index contributed by atoms with van der Waals surface area (Å²) in [5, 5.41) is 23.3. The van der Waals surface area contributed by atoms with Crippen molar-refractivity contribution >= 4 is 44.2 Å². The van der Waals surface area contributed by atoms with Crippen molar-refractivity contribution in [1.29, 1.82) is 10.5 Å². The van der Waals surface area contributed by atoms with E-state index in [4.69, 9.17) is 0 Å². The fraction of sp³-hybridized carbons (Fsp3) is 0.129. The number of hydrogen-bond donors (Lipinski definition) is 0. The number of rotatable bonds is 3. The minimum Gasteiger partial charge on any atom is -0.351 e. The number of ketones is 1. The van der Waals surface area contributed by atoms with Gasteiger partial charge in [0, 0.05) is 27.2 Å². The van der Waals surface area contributed by atoms with Crippen molar-refractivity contribution in [3.8, 4) is 12.1 Å². The first kappa shape index (κ1) is 22.3. The summed E-state index contributed by atoms with van der Waals surface area (Å²) >= 11 is 3.48. The molecule has 172 valence electrons. The third-order valence-corrected chi connectivity index (χ3v) is 8.00. The molecule has 4 aromatic carbocycles. The second kappa shape index (κ2) is 8.48. The molecule has 0 aliphatic carbocycles. The molecule has 0 spiro atoms. The van der Waals surface area contributed by atoms with E-state index in [0.717, 1.165) is 32.1 Å². The Morgan fingerprint density at radius 2 is 1.56 bits per heavy atom. The summed E-state index contributed by atoms with van der Waals surface area (Å²) in [7, 11) is 0. The predicted octanol–water partition coefficient (Wildman–Crippen LogP) is 6.89. The number of carbonyl (C=O) groups is 1. The fourth-order valence-corrected chi connectivity index (χ4v) is 6.13. The van der Waals surface area contributed by atoms with Crippen molar-refractivity contribution in [2.24, 2.45) is 5.41 Å². The quantitative estimate of drug-likeness (QED) is 0.271. The molecule has 0 N–H and O–H groups in total. The molecular weight excluding hydrogens is 510 g/mol. The third kappa shape index (κ3) is 3.14. The van der Waals surface area contributed by atoms with Crippen LogP contribution in [0.15, 0.2) is 102 Å². The standard InChI is InChI=1S/C31H20BrN3O/c32-23-13-10-21(11-14-23)28-29(30(36)22-7-2-1-3-8-22)35-26-16-12-20-6-4-5-9-24(20)25(26)15-17-27(35)31(28,18-33)19-34/h1-17,27-29H/t27-,28+,29+/m0/s1. The Hall–Kier alpha value is -4.19. The van der Waals surface area contributed by atoms with Crippen LogP contribution in [0.25, 0.3) is 16.8 Å². The molecule has 36 heavy (non-hydrogen) atoms. The van der Waals surface area contributed by atoms with Crippen LogP contribution in [-0.4, -0.2) is 17.9 Å². The van der Waals surface area contributed by atoms with E-state index >= 15 is 0 Å². The van der Waals surface area contributed by atoms with Crippen LogP contribution in [0, 0.1) is 28.1 Å². The molecule has 2 aliphatic heterocycles. The van der Waals surface area contributed by atoms with Crippen molar-refractivity contribution in [2.75, 3.05) is 4.90 Å². The van der Waals surface area contributed by atoms with Crippen molar-refractivity contribution < 1.29 is 4.79 Å². The summed E-state index contributed by atoms with van der Waals surface area (Å²) in [4.78, 5) is 16.3. The van der Waals surface area contributed by atoms with Gasteiger partial charge in [-0.05, 0) is 34.5 Å². The number of hydrogen-bond acceptors (Lipinski definition) is 4. The van der Waals surface area contributed by atoms with Crippen LogP contribution in [0.3, 0.4) is 0 Å². The highest BCUT2D eigenvalue weighted by Gasteiger charge is 2.63. The van der Waals surface area contributed by atoms with Crippen molar-refractivity contribution in [2.45, 2.75) is 18.0 Å². The lowest BCUT2D eigenvalue weighted by atomic mass is 9.69. The Bertz CT molecular complexity index is 1600. The first-order valence-electron chi connectivity index (χ1n) is 11.7. The molecule has 4 nitrogen and oxygen atoms in total. The highest BCUT2D eigenvalue weighted by Crippen LogP contribution is 2.56. The minimum atomic E-state index is -1.46. The first-order chi connectivity index (χ1) is 17.6. The number of fused-ring (bicyclic) bond motifs is 5. The van der Waals surface area contributed by atoms with Gasteiger partial charge in [0.05, 0.1) is 18.2 Å². The van der Waals surface area contributed by atoms with Gasteiger partial charge in [0.25, 0.3) is 0 Å². The lowest BCUT2D eigenvalue weighted by Gasteiger charge is -2.36. The second-order valence-corrected chi connectivity index (χ2v) is 10.1. The molecule has 5 heteroatoms. The van der Waals surface area contributed by atoms with Crippen molar-refractivity contribution in [1.82, 2.24) is 0 Å². The van der Waals surface area contributed by atoms with Crippen molar-refractivity contribution in [3.05, 3.63) is 118 Å². The number of nitriles is 2. The summed E-state index contributed by atoms with van der Waals surface area (Å²) in [6, 6.07) is 32.4. The molecule has 6 rings (SSSR count). The van der Waals surface area contributed by atoms with E-state index in [9.17, 15) is 15.3 Å². The normalized spacial score (nSPS) is 21.3. The van der Waals surface area contributed by atoms with E-state index < -0.39 is 23.4 Å². The Morgan fingerprint density at radius 3 is 2.28 bits per heavy atom. The van der Waals surface area contributed by atoms with Crippen LogP contribution >= 0.6 is 15.9 Å². The minimum absolute atomic E-state index is 0.102. The van der Waals surface area contributed by atoms with Gasteiger partial charge < -0.3 is 4.90 Å². The van der Waals surface area contributed by atoms with Crippen LogP contribution in [0.4, 0.5) is 5.69 Å². The molecule has 0 unspecified atom stereocenters. The molecule has 0 amide bonds. The predicted molar refractivity (Wildman–Crippen MR) is 144 cm³/mol. The van der Waals surface area contributed by atoms with Gasteiger partial charge in [-0.1, -0.05) is 101 Å². The summed E-state index contributed by atoms with van der Waals surface area (Å²) in [5.74, 6) is -0.754. The molecular formula is C31H20BrN3O. The van der Waals surface area contributed by atoms with E-state index in [1.165, 1.54) is 0 Å². The van der Waals surface area contributed by atoms with Gasteiger partial charge in [0.2, 0.25) is 0 Å². The van der Waals surface area contributed by atoms with Crippen LogP contribution in [-0.2, 0) is 0 Å². The summed E-state index contributed by atoms with van der Waals surface area (Å²) in [6.07, 6.45) is 3.95. The number of benzene rings is 4. The highest BCUT2D eigenvalue weighted by atomic mass is 79.9. The van der Waals surface area contributed by atoms with E-state index in [1.807, 2.05) is 83.8 Å². The Balaban J connectivity index is 1.64. The maximum absolute atomic E-state index is 14.3. The number of anilines is 1. The van der Waals surface area contributed by atoms with E-state index in [1.54, 1.807) is 12.1 Å². The number of Topliss-reactive ketones (excluding diaryl/α,β-unsaturated/α-hetero) is 1. The Labute approximate surface area is 217 Å². The van der Waals surface area contributed by atoms with Crippen LogP contribution in [0.5, 0.6) is 0 Å². The molecule has 3 atom stereocenters. The van der Waals surface area contributed by atoms with Gasteiger partial charge in [0.1, 0.15) is 6.04 Å². The molecule has 0 bridgehead atoms. The van der Waals surface area contributed by atoms with Gasteiger partial charge in [-0.15, -0.1) is 0 Å². The number of halogens is 1. The zero-order valence-electron chi connectivity index (χ0n) is 19.2. The van der Waals surface area contributed by atoms with Gasteiger partial charge in [-0.3, -0.25) is 4.79 Å². The second-order valence-electron chi connectivity index (χ2n) is 9.23. The SMILES string of the molecule is N#CC1(C#N)[C@H](c2ccc(Br)cc2)[C@H](C(=O)c2ccccc2)N2c3ccc4ccccc4c3C=C[C@H]21. The lowest BCUT2D eigenvalue weighted by Crippen LogP contribution is -2.44. The van der Waals surface area contributed by atoms with Gasteiger partial charge in [-0.2, -0.15) is 10.5 Å². The zero-order valence-corrected chi connectivity index (χ0v) is 20.8. The number of carbonyl (C=O) groups excluding carboxylic acids is 1. The van der Waals surface area contributed by atoms with Gasteiger partial charge >= 0.3 is 0 Å². The van der Waals surface area contributed by atoms with Gasteiger partial charge in [0.15, 0.2) is 11.2 Å². The maximum atomic E-state index is 14.3. The molecule has 0 aromatic heterocycles. The molecule has 1 saturated heterocycles. The van der Waals surface area contributed by atoms with Crippen LogP contribution in [0.2, 0.25) is 0 Å². The summed E-state index contributed by atoms with van der Waals surface area (Å²) in [5.41, 5.74) is 1.76. The Morgan fingerprint density at radius 1 is 0.861 bits per heavy atom. The van der Waals surface area contributed by atoms with E-state index in [-0.39, 0.29) is 5.78 Å². The monoisotopic (exact) mass is 529 g/mol. The van der Waals surface area contributed by atoms with Crippen LogP contribution in [0.1, 0.15) is 27.4 Å². The molecule has 2 aliphatic rings. The summed E-state index contributed by atoms with van der Waals surface area (Å²) in [6.45, 7) is 0. The molecule has 1 fully saturated rings. The average molecular weight is 530 g/mol. The molecule has 2 heterocycles. The van der Waals surface area contributed by atoms with Crippen molar-refractivity contribution in [3.63, 3.8) is 0 Å². The topological polar surface area (TPSA) is 67.9 Å². The largest absolute Gasteiger partial charge is 0.351 e. The van der Waals surface area contributed by atoms with Gasteiger partial charge in [-0.25, -0.2) is 0 Å². The lowest BCUT2D eigenvalue weighted by molar-refractivity contribution is 0.0951. The number of nitrogens with zero attached hydrogens (tertiary/aromatic N) is 3. The highest BCUT2D eigenvalue weighted by molar-refractivity contribution is 9.10. The zero-order chi connectivity index (χ0) is 24.9. The maximum Gasteiger partial charge on any atom is 0.185 e. The van der Waals surface area contributed by atoms with Crippen LogP contribution < -0.4 is 4.90 Å². The molecule has 0 radical (unpaired) electrons. The Kier molecular flexibility index (Phi) is 5.25. The molecule has 4 aromatic rings.